The van der Waals surface area contributed by atoms with Gasteiger partial charge >= 0.3 is 0 Å². The van der Waals surface area contributed by atoms with E-state index in [1.54, 1.807) is 13.3 Å². The fraction of sp³-hybridized carbons (Fsp3) is 0.0588. The van der Waals surface area contributed by atoms with Crippen LogP contribution in [0, 0.1) is 11.3 Å². The molecule has 0 bridgehead atoms. The van der Waals surface area contributed by atoms with Crippen LogP contribution in [-0.4, -0.2) is 17.1 Å². The molecule has 0 amide bonds. The van der Waals surface area contributed by atoms with Crippen molar-refractivity contribution in [3.8, 4) is 11.8 Å². The number of fused-ring (bicyclic) bond motifs is 1. The van der Waals surface area contributed by atoms with Crippen LogP contribution in [0.25, 0.3) is 16.6 Å². The van der Waals surface area contributed by atoms with Crippen molar-refractivity contribution >= 4 is 22.3 Å². The second kappa shape index (κ2) is 6.02. The van der Waals surface area contributed by atoms with E-state index < -0.39 is 0 Å². The number of allylic oxidation sites excluding steroid dienone is 1. The Hall–Kier alpha value is -3.26. The number of aromatic nitrogens is 2. The maximum atomic E-state index is 9.33. The highest BCUT2D eigenvalue weighted by Gasteiger charge is 2.07. The molecule has 2 N–H and O–H groups in total. The number of para-hydroxylation sites is 2. The Kier molecular flexibility index (Phi) is 3.75. The number of H-pyrrole nitrogens is 1. The first kappa shape index (κ1) is 13.7. The van der Waals surface area contributed by atoms with Crippen LogP contribution in [0.4, 0.5) is 5.69 Å². The van der Waals surface area contributed by atoms with Gasteiger partial charge in [0.2, 0.25) is 0 Å². The molecule has 3 rings (SSSR count). The number of nitrogens with zero attached hydrogens (tertiary/aromatic N) is 2. The fourth-order valence-corrected chi connectivity index (χ4v) is 2.08. The molecule has 3 aromatic rings. The highest BCUT2D eigenvalue weighted by molar-refractivity contribution is 5.82. The average molecular weight is 290 g/mol. The molecule has 2 aromatic carbocycles. The number of benzene rings is 2. The van der Waals surface area contributed by atoms with Crippen LogP contribution < -0.4 is 10.1 Å². The zero-order chi connectivity index (χ0) is 15.4. The SMILES string of the molecule is COc1ccc(N/C=C(\C#N)c2nc3ccccc3[nH]2)cc1. The first-order valence-electron chi connectivity index (χ1n) is 6.76. The minimum absolute atomic E-state index is 0.437. The number of hydrogen-bond acceptors (Lipinski definition) is 4. The number of hydrogen-bond donors (Lipinski definition) is 2. The topological polar surface area (TPSA) is 73.7 Å². The van der Waals surface area contributed by atoms with Gasteiger partial charge in [0.25, 0.3) is 0 Å². The quantitative estimate of drug-likeness (QED) is 0.721. The number of aromatic amines is 1. The second-order valence-corrected chi connectivity index (χ2v) is 4.65. The molecule has 0 saturated heterocycles. The molecule has 0 unspecified atom stereocenters. The maximum Gasteiger partial charge on any atom is 0.150 e. The molecule has 108 valence electrons. The van der Waals surface area contributed by atoms with Gasteiger partial charge in [0.05, 0.1) is 18.1 Å². The molecule has 0 aliphatic heterocycles. The standard InChI is InChI=1S/C17H14N4O/c1-22-14-8-6-13(7-9-14)19-11-12(10-18)17-20-15-4-2-3-5-16(15)21-17/h2-9,11,19H,1H3,(H,20,21)/b12-11+. The summed E-state index contributed by atoms with van der Waals surface area (Å²) in [6.45, 7) is 0. The Labute approximate surface area is 127 Å². The Morgan fingerprint density at radius 1 is 1.23 bits per heavy atom. The zero-order valence-corrected chi connectivity index (χ0v) is 12.0. The lowest BCUT2D eigenvalue weighted by molar-refractivity contribution is 0.415. The Bertz CT molecular complexity index is 823. The van der Waals surface area contributed by atoms with Crippen LogP contribution in [0.1, 0.15) is 5.82 Å². The second-order valence-electron chi connectivity index (χ2n) is 4.65. The van der Waals surface area contributed by atoms with E-state index in [2.05, 4.69) is 21.4 Å². The smallest absolute Gasteiger partial charge is 0.150 e. The van der Waals surface area contributed by atoms with Gasteiger partial charge in [0.1, 0.15) is 17.4 Å². The summed E-state index contributed by atoms with van der Waals surface area (Å²) in [5, 5.41) is 12.4. The summed E-state index contributed by atoms with van der Waals surface area (Å²) >= 11 is 0. The van der Waals surface area contributed by atoms with E-state index in [4.69, 9.17) is 4.74 Å². The van der Waals surface area contributed by atoms with Crippen molar-refractivity contribution in [3.05, 3.63) is 60.6 Å². The molecule has 1 aromatic heterocycles. The Balaban J connectivity index is 1.84. The first-order valence-corrected chi connectivity index (χ1v) is 6.76. The van der Waals surface area contributed by atoms with E-state index in [1.807, 2.05) is 48.5 Å². The minimum Gasteiger partial charge on any atom is -0.497 e. The van der Waals surface area contributed by atoms with Crippen molar-refractivity contribution in [1.29, 1.82) is 5.26 Å². The molecule has 0 atom stereocenters. The third kappa shape index (κ3) is 2.76. The molecule has 0 fully saturated rings. The van der Waals surface area contributed by atoms with Gasteiger partial charge < -0.3 is 15.0 Å². The van der Waals surface area contributed by atoms with Gasteiger partial charge in [0, 0.05) is 11.9 Å². The lowest BCUT2D eigenvalue weighted by Crippen LogP contribution is -1.92. The summed E-state index contributed by atoms with van der Waals surface area (Å²) < 4.78 is 5.11. The lowest BCUT2D eigenvalue weighted by Gasteiger charge is -2.03. The molecule has 0 spiro atoms. The van der Waals surface area contributed by atoms with Crippen LogP contribution in [0.2, 0.25) is 0 Å². The van der Waals surface area contributed by atoms with E-state index in [9.17, 15) is 5.26 Å². The van der Waals surface area contributed by atoms with E-state index in [0.717, 1.165) is 22.5 Å². The summed E-state index contributed by atoms with van der Waals surface area (Å²) in [5.74, 6) is 1.33. The summed E-state index contributed by atoms with van der Waals surface area (Å²) in [5.41, 5.74) is 3.04. The number of anilines is 1. The summed E-state index contributed by atoms with van der Waals surface area (Å²) in [6.07, 6.45) is 1.64. The molecule has 0 aliphatic carbocycles. The molecule has 5 nitrogen and oxygen atoms in total. The van der Waals surface area contributed by atoms with Crippen molar-refractivity contribution in [2.24, 2.45) is 0 Å². The molecule has 1 heterocycles. The summed E-state index contributed by atoms with van der Waals surface area (Å²) in [4.78, 5) is 7.56. The van der Waals surface area contributed by atoms with E-state index >= 15 is 0 Å². The predicted molar refractivity (Wildman–Crippen MR) is 86.3 cm³/mol. The van der Waals surface area contributed by atoms with Gasteiger partial charge in [-0.1, -0.05) is 12.1 Å². The lowest BCUT2D eigenvalue weighted by atomic mass is 10.3. The van der Waals surface area contributed by atoms with Gasteiger partial charge in [-0.15, -0.1) is 0 Å². The largest absolute Gasteiger partial charge is 0.497 e. The zero-order valence-electron chi connectivity index (χ0n) is 12.0. The molecule has 0 radical (unpaired) electrons. The summed E-state index contributed by atoms with van der Waals surface area (Å²) in [7, 11) is 1.62. The van der Waals surface area contributed by atoms with Gasteiger partial charge in [-0.25, -0.2) is 4.98 Å². The van der Waals surface area contributed by atoms with Crippen LogP contribution >= 0.6 is 0 Å². The third-order valence-electron chi connectivity index (χ3n) is 3.24. The predicted octanol–water partition coefficient (Wildman–Crippen LogP) is 3.55. The van der Waals surface area contributed by atoms with Gasteiger partial charge in [-0.05, 0) is 36.4 Å². The van der Waals surface area contributed by atoms with Crippen LogP contribution in [0.3, 0.4) is 0 Å². The number of ether oxygens (including phenoxy) is 1. The van der Waals surface area contributed by atoms with E-state index in [-0.39, 0.29) is 0 Å². The Morgan fingerprint density at radius 2 is 2.00 bits per heavy atom. The van der Waals surface area contributed by atoms with Crippen LogP contribution in [0.15, 0.2) is 54.7 Å². The third-order valence-corrected chi connectivity index (χ3v) is 3.24. The van der Waals surface area contributed by atoms with Crippen LogP contribution in [-0.2, 0) is 0 Å². The number of nitriles is 1. The number of rotatable bonds is 4. The monoisotopic (exact) mass is 290 g/mol. The highest BCUT2D eigenvalue weighted by atomic mass is 16.5. The fourth-order valence-electron chi connectivity index (χ4n) is 2.08. The van der Waals surface area contributed by atoms with Crippen molar-refractivity contribution in [1.82, 2.24) is 9.97 Å². The molecule has 0 saturated carbocycles. The van der Waals surface area contributed by atoms with Gasteiger partial charge in [0.15, 0.2) is 5.82 Å². The van der Waals surface area contributed by atoms with Crippen molar-refractivity contribution < 1.29 is 4.74 Å². The number of imidazole rings is 1. The molecule has 5 heteroatoms. The van der Waals surface area contributed by atoms with Gasteiger partial charge in [-0.2, -0.15) is 5.26 Å². The van der Waals surface area contributed by atoms with Crippen molar-refractivity contribution in [2.75, 3.05) is 12.4 Å². The number of methoxy groups -OCH3 is 1. The van der Waals surface area contributed by atoms with E-state index in [1.165, 1.54) is 0 Å². The molecule has 0 aliphatic rings. The number of nitrogens with one attached hydrogen (secondary N) is 2. The molecular formula is C17H14N4O. The minimum atomic E-state index is 0.437. The van der Waals surface area contributed by atoms with Gasteiger partial charge in [-0.3, -0.25) is 0 Å². The summed E-state index contributed by atoms with van der Waals surface area (Å²) in [6, 6.07) is 17.3. The highest BCUT2D eigenvalue weighted by Crippen LogP contribution is 2.18. The molecular weight excluding hydrogens is 276 g/mol. The van der Waals surface area contributed by atoms with E-state index in [0.29, 0.717) is 11.4 Å². The van der Waals surface area contributed by atoms with Crippen LogP contribution in [0.5, 0.6) is 5.75 Å². The Morgan fingerprint density at radius 3 is 2.68 bits per heavy atom. The maximum absolute atomic E-state index is 9.33. The first-order chi connectivity index (χ1) is 10.8. The molecule has 22 heavy (non-hydrogen) atoms. The normalized spacial score (nSPS) is 11.2. The van der Waals surface area contributed by atoms with Crippen molar-refractivity contribution in [3.63, 3.8) is 0 Å². The van der Waals surface area contributed by atoms with Crippen molar-refractivity contribution in [2.45, 2.75) is 0 Å². The average Bonchev–Trinajstić information content (AvgIpc) is 3.00.